The van der Waals surface area contributed by atoms with E-state index in [0.717, 1.165) is 22.3 Å². The molecule has 9 heteroatoms. The van der Waals surface area contributed by atoms with Crippen LogP contribution in [0.4, 0.5) is 4.39 Å². The van der Waals surface area contributed by atoms with Crippen molar-refractivity contribution in [3.8, 4) is 22.8 Å². The number of nitrogens with one attached hydrogen (secondary N) is 1. The van der Waals surface area contributed by atoms with Crippen molar-refractivity contribution in [3.63, 3.8) is 0 Å². The highest BCUT2D eigenvalue weighted by atomic mass is 19.1. The summed E-state index contributed by atoms with van der Waals surface area (Å²) in [5, 5.41) is 24.9. The second kappa shape index (κ2) is 14.0. The molecular weight excluding hydrogens is 561 g/mol. The van der Waals surface area contributed by atoms with Gasteiger partial charge in [0.2, 0.25) is 11.8 Å². The molecule has 0 saturated heterocycles. The molecule has 1 aliphatic heterocycles. The number of nitrogens with two attached hydrogens (primary N) is 1. The van der Waals surface area contributed by atoms with E-state index in [4.69, 9.17) is 15.2 Å². The molecule has 0 bridgehead atoms. The third-order valence-corrected chi connectivity index (χ3v) is 8.11. The number of hydrogen-bond donors (Lipinski definition) is 4. The molecular formula is C35H38FN3O5. The molecule has 0 unspecified atom stereocenters. The fourth-order valence-electron chi connectivity index (χ4n) is 5.56. The first kappa shape index (κ1) is 31.1. The van der Waals surface area contributed by atoms with E-state index in [1.807, 2.05) is 55.5 Å². The largest absolute Gasteiger partial charge is 0.490 e. The third kappa shape index (κ3) is 7.42. The van der Waals surface area contributed by atoms with Crippen molar-refractivity contribution < 1.29 is 28.9 Å². The van der Waals surface area contributed by atoms with Gasteiger partial charge in [-0.05, 0) is 61.1 Å². The van der Waals surface area contributed by atoms with Gasteiger partial charge in [-0.25, -0.2) is 9.37 Å². The second-order valence-corrected chi connectivity index (χ2v) is 11.4. The summed E-state index contributed by atoms with van der Waals surface area (Å²) in [5.74, 6) is -0.510. The number of fused-ring (bicyclic) bond motifs is 1. The summed E-state index contributed by atoms with van der Waals surface area (Å²) < 4.78 is 25.4. The molecule has 8 nitrogen and oxygen atoms in total. The lowest BCUT2D eigenvalue weighted by atomic mass is 9.88. The number of methoxy groups -OCH3 is 1. The van der Waals surface area contributed by atoms with Crippen molar-refractivity contribution >= 4 is 5.91 Å². The van der Waals surface area contributed by atoms with Crippen LogP contribution in [0.5, 0.6) is 11.6 Å². The van der Waals surface area contributed by atoms with E-state index in [2.05, 4.69) is 10.3 Å². The van der Waals surface area contributed by atoms with Gasteiger partial charge in [0.15, 0.2) is 0 Å². The van der Waals surface area contributed by atoms with Crippen LogP contribution in [0.3, 0.4) is 0 Å². The highest BCUT2D eigenvalue weighted by Crippen LogP contribution is 2.34. The number of carbonyl (C=O) groups excluding carboxylic acids is 1. The van der Waals surface area contributed by atoms with Crippen LogP contribution in [-0.4, -0.2) is 53.1 Å². The van der Waals surface area contributed by atoms with Gasteiger partial charge in [-0.3, -0.25) is 4.79 Å². The van der Waals surface area contributed by atoms with Gasteiger partial charge in [-0.2, -0.15) is 0 Å². The van der Waals surface area contributed by atoms with Crippen molar-refractivity contribution in [2.45, 2.75) is 50.5 Å². The molecule has 0 spiro atoms. The molecule has 44 heavy (non-hydrogen) atoms. The maximum Gasteiger partial charge on any atom is 0.224 e. The number of rotatable bonds is 11. The maximum absolute atomic E-state index is 14.7. The number of ether oxygens (including phenoxy) is 2. The third-order valence-electron chi connectivity index (χ3n) is 8.11. The molecule has 1 aliphatic rings. The van der Waals surface area contributed by atoms with Crippen molar-refractivity contribution in [2.75, 3.05) is 13.7 Å². The zero-order valence-electron chi connectivity index (χ0n) is 24.8. The fourth-order valence-corrected chi connectivity index (χ4v) is 5.56. The Morgan fingerprint density at radius 1 is 1.09 bits per heavy atom. The molecule has 0 aliphatic carbocycles. The molecule has 0 fully saturated rings. The molecule has 5 N–H and O–H groups in total. The number of aliphatic hydroxyl groups excluding tert-OH is 2. The Labute approximate surface area is 256 Å². The minimum Gasteiger partial charge on any atom is -0.490 e. The zero-order chi connectivity index (χ0) is 31.2. The number of halogens is 1. The first-order valence-electron chi connectivity index (χ1n) is 14.7. The van der Waals surface area contributed by atoms with E-state index in [9.17, 15) is 19.4 Å². The average Bonchev–Trinajstić information content (AvgIpc) is 3.03. The van der Waals surface area contributed by atoms with Crippen LogP contribution in [0.1, 0.15) is 34.7 Å². The van der Waals surface area contributed by atoms with Crippen LogP contribution >= 0.6 is 0 Å². The fraction of sp³-hybridized carbons (Fsp3) is 0.314. The van der Waals surface area contributed by atoms with Crippen LogP contribution in [0.25, 0.3) is 11.1 Å². The minimum atomic E-state index is -1.04. The predicted octanol–water partition coefficient (Wildman–Crippen LogP) is 4.30. The first-order valence-corrected chi connectivity index (χ1v) is 14.7. The number of hydrogen-bond acceptors (Lipinski definition) is 7. The molecule has 5 rings (SSSR count). The number of benzene rings is 3. The highest BCUT2D eigenvalue weighted by Gasteiger charge is 2.34. The number of aromatic nitrogens is 1. The van der Waals surface area contributed by atoms with E-state index in [-0.39, 0.29) is 19.4 Å². The van der Waals surface area contributed by atoms with Crippen LogP contribution in [0.15, 0.2) is 85.1 Å². The summed E-state index contributed by atoms with van der Waals surface area (Å²) in [7, 11) is 1.57. The molecule has 1 amide bonds. The number of carbonyl (C=O) groups is 1. The molecule has 1 aromatic heterocycles. The number of aliphatic hydroxyl groups is 2. The quantitative estimate of drug-likeness (QED) is 0.203. The molecule has 2 heterocycles. The van der Waals surface area contributed by atoms with Crippen LogP contribution in [0, 0.1) is 18.7 Å². The Balaban J connectivity index is 1.29. The predicted molar refractivity (Wildman–Crippen MR) is 166 cm³/mol. The second-order valence-electron chi connectivity index (χ2n) is 11.4. The first-order chi connectivity index (χ1) is 21.2. The summed E-state index contributed by atoms with van der Waals surface area (Å²) >= 11 is 0. The minimum absolute atomic E-state index is 0.0108. The molecule has 3 aromatic carbocycles. The molecule has 0 saturated carbocycles. The molecule has 4 aromatic rings. The van der Waals surface area contributed by atoms with Gasteiger partial charge in [0.25, 0.3) is 0 Å². The van der Waals surface area contributed by atoms with Crippen LogP contribution in [-0.2, 0) is 17.6 Å². The van der Waals surface area contributed by atoms with E-state index in [0.29, 0.717) is 29.2 Å². The lowest BCUT2D eigenvalue weighted by Crippen LogP contribution is -2.46. The van der Waals surface area contributed by atoms with E-state index in [1.54, 1.807) is 37.6 Å². The Hall–Kier alpha value is -4.31. The van der Waals surface area contributed by atoms with E-state index < -0.39 is 41.9 Å². The Morgan fingerprint density at radius 2 is 1.84 bits per heavy atom. The van der Waals surface area contributed by atoms with Gasteiger partial charge >= 0.3 is 0 Å². The summed E-state index contributed by atoms with van der Waals surface area (Å²) in [6.45, 7) is 1.95. The van der Waals surface area contributed by atoms with Gasteiger partial charge in [-0.15, -0.1) is 0 Å². The van der Waals surface area contributed by atoms with Crippen LogP contribution < -0.4 is 20.5 Å². The zero-order valence-corrected chi connectivity index (χ0v) is 24.8. The normalized spacial score (nSPS) is 18.0. The van der Waals surface area contributed by atoms with Gasteiger partial charge in [0.1, 0.15) is 24.3 Å². The highest BCUT2D eigenvalue weighted by molar-refractivity contribution is 5.80. The van der Waals surface area contributed by atoms with Crippen molar-refractivity contribution in [2.24, 2.45) is 11.7 Å². The van der Waals surface area contributed by atoms with Gasteiger partial charge < -0.3 is 30.7 Å². The topological polar surface area (TPSA) is 127 Å². The van der Waals surface area contributed by atoms with Gasteiger partial charge in [-0.1, -0.05) is 60.2 Å². The Morgan fingerprint density at radius 3 is 2.55 bits per heavy atom. The summed E-state index contributed by atoms with van der Waals surface area (Å²) in [5.41, 5.74) is 11.3. The summed E-state index contributed by atoms with van der Waals surface area (Å²) in [6.07, 6.45) is 0.178. The smallest absolute Gasteiger partial charge is 0.224 e. The lowest BCUT2D eigenvalue weighted by molar-refractivity contribution is -0.128. The summed E-state index contributed by atoms with van der Waals surface area (Å²) in [4.78, 5) is 18.0. The van der Waals surface area contributed by atoms with Crippen molar-refractivity contribution in [3.05, 3.63) is 113 Å². The van der Waals surface area contributed by atoms with Crippen LogP contribution in [0.2, 0.25) is 0 Å². The number of nitrogens with zero attached hydrogens (tertiary/aromatic N) is 1. The SMILES string of the molecule is COc1ccc(-c2ccc(C[C@H](N)[C@@H](O)C[C@@H](Cc3ccccc3F)C(=O)N[C@H]3c4cc(C)ccc4OC[C@H]3O)cc2)cn1. The number of pyridine rings is 1. The number of aryl methyl sites for hydroxylation is 1. The van der Waals surface area contributed by atoms with E-state index in [1.165, 1.54) is 6.07 Å². The molecule has 230 valence electrons. The number of amides is 1. The Kier molecular flexibility index (Phi) is 9.89. The van der Waals surface area contributed by atoms with Gasteiger partial charge in [0, 0.05) is 35.3 Å². The molecule has 0 radical (unpaired) electrons. The van der Waals surface area contributed by atoms with E-state index >= 15 is 0 Å². The Bertz CT molecular complexity index is 1560. The molecule has 5 atom stereocenters. The maximum atomic E-state index is 14.7. The van der Waals surface area contributed by atoms with Gasteiger partial charge in [0.05, 0.1) is 19.3 Å². The summed E-state index contributed by atoms with van der Waals surface area (Å²) in [6, 6.07) is 22.0. The lowest BCUT2D eigenvalue weighted by Gasteiger charge is -2.33. The van der Waals surface area contributed by atoms with Crippen molar-refractivity contribution in [1.29, 1.82) is 0 Å². The monoisotopic (exact) mass is 599 g/mol. The average molecular weight is 600 g/mol. The standard InChI is InChI=1S/C35H38FN3O5/c1-21-7-13-32-27(15-21)34(31(41)20-44-32)39-35(42)26(17-24-5-3-4-6-28(24)36)18-30(40)29(37)16-22-8-10-23(11-9-22)25-12-14-33(43-2)38-19-25/h3-15,19,26,29-31,34,40-41H,16-18,20,37H2,1-2H3,(H,39,42)/t26-,29+,30+,31-,34+/m1/s1. The van der Waals surface area contributed by atoms with Crippen molar-refractivity contribution in [1.82, 2.24) is 10.3 Å².